The van der Waals surface area contributed by atoms with E-state index in [4.69, 9.17) is 4.74 Å². The van der Waals surface area contributed by atoms with Crippen LogP contribution in [0.4, 0.5) is 0 Å². The van der Waals surface area contributed by atoms with Gasteiger partial charge in [-0.3, -0.25) is 4.98 Å². The maximum absolute atomic E-state index is 11.7. The van der Waals surface area contributed by atoms with Gasteiger partial charge in [-0.1, -0.05) is 0 Å². The Kier molecular flexibility index (Phi) is 4.22. The van der Waals surface area contributed by atoms with Gasteiger partial charge in [-0.25, -0.2) is 4.79 Å². The Morgan fingerprint density at radius 2 is 2.05 bits per heavy atom. The van der Waals surface area contributed by atoms with Crippen LogP contribution in [0.25, 0.3) is 0 Å². The molecule has 2 heterocycles. The Hall–Kier alpha value is -2.24. The number of carbonyl (C=O) groups is 1. The quantitative estimate of drug-likeness (QED) is 0.760. The summed E-state index contributed by atoms with van der Waals surface area (Å²) >= 11 is 0. The van der Waals surface area contributed by atoms with E-state index in [2.05, 4.69) is 15.2 Å². The van der Waals surface area contributed by atoms with Crippen LogP contribution in [-0.4, -0.2) is 32.3 Å². The smallest absolute Gasteiger partial charge is 0.376 e. The molecule has 0 N–H and O–H groups in total. The fourth-order valence-corrected chi connectivity index (χ4v) is 1.79. The topological polar surface area (TPSA) is 69.9 Å². The second-order valence-corrected chi connectivity index (χ2v) is 4.05. The number of pyridine rings is 1. The Bertz CT molecular complexity index is 551. The summed E-state index contributed by atoms with van der Waals surface area (Å²) in [5.41, 5.74) is 1.15. The zero-order valence-electron chi connectivity index (χ0n) is 11.0. The second-order valence-electron chi connectivity index (χ2n) is 4.05. The monoisotopic (exact) mass is 260 g/mol. The van der Waals surface area contributed by atoms with Crippen molar-refractivity contribution in [2.75, 3.05) is 6.61 Å². The van der Waals surface area contributed by atoms with Gasteiger partial charge in [0.25, 0.3) is 0 Å². The predicted molar refractivity (Wildman–Crippen MR) is 68.7 cm³/mol. The summed E-state index contributed by atoms with van der Waals surface area (Å²) in [5, 5.41) is 7.80. The molecule has 100 valence electrons. The Morgan fingerprint density at radius 1 is 1.32 bits per heavy atom. The van der Waals surface area contributed by atoms with E-state index in [-0.39, 0.29) is 5.82 Å². The first-order valence-corrected chi connectivity index (χ1v) is 6.18. The van der Waals surface area contributed by atoms with Crippen LogP contribution in [0.2, 0.25) is 0 Å². The fraction of sp³-hybridized carbons (Fsp3) is 0.385. The third-order valence-electron chi connectivity index (χ3n) is 2.77. The van der Waals surface area contributed by atoms with Crippen molar-refractivity contribution < 1.29 is 9.53 Å². The largest absolute Gasteiger partial charge is 0.460 e. The average Bonchev–Trinajstić information content (AvgIpc) is 2.79. The lowest BCUT2D eigenvalue weighted by molar-refractivity contribution is 0.0505. The zero-order valence-corrected chi connectivity index (χ0v) is 11.0. The first-order chi connectivity index (χ1) is 9.22. The summed E-state index contributed by atoms with van der Waals surface area (Å²) in [6.07, 6.45) is 4.29. The third kappa shape index (κ3) is 3.15. The van der Waals surface area contributed by atoms with Gasteiger partial charge in [-0.2, -0.15) is 0 Å². The number of carbonyl (C=O) groups excluding carboxylic acids is 1. The van der Waals surface area contributed by atoms with Gasteiger partial charge in [-0.05, 0) is 38.0 Å². The molecule has 0 amide bonds. The lowest BCUT2D eigenvalue weighted by Crippen LogP contribution is -2.15. The van der Waals surface area contributed by atoms with Crippen molar-refractivity contribution in [2.45, 2.75) is 26.8 Å². The molecule has 0 aromatic carbocycles. The Labute approximate surface area is 111 Å². The van der Waals surface area contributed by atoms with Gasteiger partial charge in [-0.15, -0.1) is 10.2 Å². The zero-order chi connectivity index (χ0) is 13.7. The number of ether oxygens (including phenoxy) is 1. The number of hydrogen-bond donors (Lipinski definition) is 0. The highest BCUT2D eigenvalue weighted by molar-refractivity contribution is 5.85. The molecule has 0 unspecified atom stereocenters. The summed E-state index contributed by atoms with van der Waals surface area (Å²) in [5.74, 6) is 0.531. The summed E-state index contributed by atoms with van der Waals surface area (Å²) in [7, 11) is 0. The summed E-state index contributed by atoms with van der Waals surface area (Å²) in [4.78, 5) is 15.7. The summed E-state index contributed by atoms with van der Waals surface area (Å²) in [6, 6.07) is 3.90. The van der Waals surface area contributed by atoms with E-state index in [9.17, 15) is 4.79 Å². The van der Waals surface area contributed by atoms with Crippen molar-refractivity contribution in [2.24, 2.45) is 0 Å². The van der Waals surface area contributed by atoms with E-state index >= 15 is 0 Å². The molecule has 0 bridgehead atoms. The van der Waals surface area contributed by atoms with Crippen LogP contribution in [-0.2, 0) is 17.7 Å². The standard InChI is InChI=1S/C13H16N4O2/c1-3-19-13(18)12-16-15-10(2)17(12)9-6-11-4-7-14-8-5-11/h4-5,7-8H,3,6,9H2,1-2H3. The van der Waals surface area contributed by atoms with Crippen molar-refractivity contribution >= 4 is 5.97 Å². The van der Waals surface area contributed by atoms with E-state index in [1.807, 2.05) is 19.1 Å². The van der Waals surface area contributed by atoms with Gasteiger partial charge in [0, 0.05) is 18.9 Å². The third-order valence-corrected chi connectivity index (χ3v) is 2.77. The van der Waals surface area contributed by atoms with Gasteiger partial charge in [0.1, 0.15) is 5.82 Å². The minimum Gasteiger partial charge on any atom is -0.460 e. The summed E-state index contributed by atoms with van der Waals surface area (Å²) < 4.78 is 6.74. The van der Waals surface area contributed by atoms with E-state index in [1.54, 1.807) is 23.9 Å². The molecule has 0 radical (unpaired) electrons. The molecule has 0 saturated heterocycles. The van der Waals surface area contributed by atoms with Crippen LogP contribution in [0, 0.1) is 6.92 Å². The fourth-order valence-electron chi connectivity index (χ4n) is 1.79. The van der Waals surface area contributed by atoms with Gasteiger partial charge < -0.3 is 9.30 Å². The number of aryl methyl sites for hydroxylation is 2. The van der Waals surface area contributed by atoms with Crippen molar-refractivity contribution in [3.63, 3.8) is 0 Å². The highest BCUT2D eigenvalue weighted by atomic mass is 16.5. The molecule has 0 saturated carbocycles. The minimum absolute atomic E-state index is 0.258. The first-order valence-electron chi connectivity index (χ1n) is 6.18. The number of rotatable bonds is 5. The average molecular weight is 260 g/mol. The van der Waals surface area contributed by atoms with Crippen LogP contribution >= 0.6 is 0 Å². The van der Waals surface area contributed by atoms with Crippen LogP contribution in [0.3, 0.4) is 0 Å². The number of aromatic nitrogens is 4. The number of esters is 1. The molecule has 0 aliphatic rings. The molecule has 0 aliphatic carbocycles. The van der Waals surface area contributed by atoms with Gasteiger partial charge >= 0.3 is 5.97 Å². The van der Waals surface area contributed by atoms with E-state index in [0.717, 1.165) is 12.0 Å². The summed E-state index contributed by atoms with van der Waals surface area (Å²) in [6.45, 7) is 4.55. The second kappa shape index (κ2) is 6.08. The molecule has 2 aromatic heterocycles. The van der Waals surface area contributed by atoms with E-state index in [0.29, 0.717) is 19.0 Å². The van der Waals surface area contributed by atoms with Crippen LogP contribution < -0.4 is 0 Å². The molecule has 0 spiro atoms. The molecule has 6 heteroatoms. The molecule has 2 aromatic rings. The minimum atomic E-state index is -0.433. The molecule has 0 fully saturated rings. The maximum Gasteiger partial charge on any atom is 0.376 e. The lowest BCUT2D eigenvalue weighted by atomic mass is 10.2. The maximum atomic E-state index is 11.7. The van der Waals surface area contributed by atoms with Crippen molar-refractivity contribution in [1.29, 1.82) is 0 Å². The van der Waals surface area contributed by atoms with Crippen LogP contribution in [0.5, 0.6) is 0 Å². The molecule has 0 atom stereocenters. The van der Waals surface area contributed by atoms with Gasteiger partial charge in [0.15, 0.2) is 0 Å². The molecular formula is C13H16N4O2. The number of hydrogen-bond acceptors (Lipinski definition) is 5. The van der Waals surface area contributed by atoms with Crippen molar-refractivity contribution in [3.8, 4) is 0 Å². The first kappa shape index (κ1) is 13.2. The van der Waals surface area contributed by atoms with Gasteiger partial charge in [0.05, 0.1) is 6.61 Å². The SMILES string of the molecule is CCOC(=O)c1nnc(C)n1CCc1ccncc1. The van der Waals surface area contributed by atoms with Crippen LogP contribution in [0.15, 0.2) is 24.5 Å². The normalized spacial score (nSPS) is 10.4. The number of nitrogens with zero attached hydrogens (tertiary/aromatic N) is 4. The molecule has 6 nitrogen and oxygen atoms in total. The van der Waals surface area contributed by atoms with Crippen molar-refractivity contribution in [1.82, 2.24) is 19.7 Å². The highest BCUT2D eigenvalue weighted by Gasteiger charge is 2.17. The lowest BCUT2D eigenvalue weighted by Gasteiger charge is -2.07. The van der Waals surface area contributed by atoms with Crippen molar-refractivity contribution in [3.05, 3.63) is 41.7 Å². The molecule has 0 aliphatic heterocycles. The van der Waals surface area contributed by atoms with E-state index < -0.39 is 5.97 Å². The van der Waals surface area contributed by atoms with E-state index in [1.165, 1.54) is 0 Å². The predicted octanol–water partition coefficient (Wildman–Crippen LogP) is 1.40. The molecular weight excluding hydrogens is 244 g/mol. The Morgan fingerprint density at radius 3 is 2.74 bits per heavy atom. The Balaban J connectivity index is 2.11. The van der Waals surface area contributed by atoms with Gasteiger partial charge in [0.2, 0.25) is 5.82 Å². The molecule has 2 rings (SSSR count). The van der Waals surface area contributed by atoms with Crippen LogP contribution in [0.1, 0.15) is 28.9 Å². The molecule has 19 heavy (non-hydrogen) atoms. The highest BCUT2D eigenvalue weighted by Crippen LogP contribution is 2.07.